The average molecular weight is 375 g/mol. The molecule has 3 rings (SSSR count). The third-order valence-corrected chi connectivity index (χ3v) is 3.89. The van der Waals surface area contributed by atoms with Gasteiger partial charge in [-0.25, -0.2) is 4.79 Å². The maximum atomic E-state index is 12.9. The minimum Gasteiger partial charge on any atom is -0.481 e. The zero-order valence-corrected chi connectivity index (χ0v) is 14.1. The highest BCUT2D eigenvalue weighted by atomic mass is 19.4. The molecule has 1 unspecified atom stereocenters. The summed E-state index contributed by atoms with van der Waals surface area (Å²) >= 11 is 0. The Morgan fingerprint density at radius 2 is 1.59 bits per heavy atom. The molecule has 0 amide bonds. The molecule has 7 heteroatoms. The van der Waals surface area contributed by atoms with E-state index < -0.39 is 24.8 Å². The van der Waals surface area contributed by atoms with Gasteiger partial charge in [-0.15, -0.1) is 0 Å². The topological polar surface area (TPSA) is 49.8 Å². The standard InChI is InChI=1S/C20H16F3NO3/c21-20(22,23)13-24-11-16(14-7-3-1-4-8-14)18(17(12-24)19(25)26)27-15-9-5-2-6-10-15/h1-12,18H,13H2,(H,25,26). The molecule has 0 saturated carbocycles. The quantitative estimate of drug-likeness (QED) is 0.846. The van der Waals surface area contributed by atoms with Gasteiger partial charge in [-0.3, -0.25) is 0 Å². The number of alkyl halides is 3. The number of aliphatic carboxylic acids is 1. The van der Waals surface area contributed by atoms with Crippen LogP contribution in [0, 0.1) is 0 Å². The summed E-state index contributed by atoms with van der Waals surface area (Å²) in [6.07, 6.45) is -3.28. The highest BCUT2D eigenvalue weighted by Crippen LogP contribution is 2.33. The Hall–Kier alpha value is -3.22. The molecule has 0 radical (unpaired) electrons. The molecular formula is C20H16F3NO3. The van der Waals surface area contributed by atoms with E-state index >= 15 is 0 Å². The van der Waals surface area contributed by atoms with Gasteiger partial charge in [0, 0.05) is 18.0 Å². The van der Waals surface area contributed by atoms with Crippen LogP contribution >= 0.6 is 0 Å². The van der Waals surface area contributed by atoms with Gasteiger partial charge in [0.05, 0.1) is 5.57 Å². The number of hydrogen-bond donors (Lipinski definition) is 1. The first-order chi connectivity index (χ1) is 12.8. The van der Waals surface area contributed by atoms with Crippen LogP contribution in [0.25, 0.3) is 5.57 Å². The summed E-state index contributed by atoms with van der Waals surface area (Å²) < 4.78 is 44.4. The van der Waals surface area contributed by atoms with E-state index in [0.717, 1.165) is 11.1 Å². The van der Waals surface area contributed by atoms with Crippen LogP contribution in [0.4, 0.5) is 13.2 Å². The molecule has 140 valence electrons. The van der Waals surface area contributed by atoms with Crippen molar-refractivity contribution in [1.29, 1.82) is 0 Å². The molecule has 2 aromatic rings. The van der Waals surface area contributed by atoms with E-state index in [1.165, 1.54) is 6.20 Å². The van der Waals surface area contributed by atoms with Crippen molar-refractivity contribution in [3.8, 4) is 5.75 Å². The fourth-order valence-corrected chi connectivity index (χ4v) is 2.78. The molecule has 0 fully saturated rings. The summed E-state index contributed by atoms with van der Waals surface area (Å²) in [6.45, 7) is -1.29. The number of hydrogen-bond acceptors (Lipinski definition) is 3. The molecule has 1 aliphatic heterocycles. The van der Waals surface area contributed by atoms with Gasteiger partial charge < -0.3 is 14.7 Å². The fourth-order valence-electron chi connectivity index (χ4n) is 2.78. The fraction of sp³-hybridized carbons (Fsp3) is 0.150. The van der Waals surface area contributed by atoms with E-state index in [1.54, 1.807) is 60.7 Å². The number of carboxylic acids is 1. The summed E-state index contributed by atoms with van der Waals surface area (Å²) in [4.78, 5) is 12.6. The van der Waals surface area contributed by atoms with Gasteiger partial charge in [0.2, 0.25) is 0 Å². The van der Waals surface area contributed by atoms with Crippen molar-refractivity contribution in [3.63, 3.8) is 0 Å². The van der Waals surface area contributed by atoms with Crippen molar-refractivity contribution in [3.05, 3.63) is 84.2 Å². The molecule has 4 nitrogen and oxygen atoms in total. The van der Waals surface area contributed by atoms with Crippen LogP contribution < -0.4 is 4.74 Å². The minimum absolute atomic E-state index is 0.274. The second-order valence-corrected chi connectivity index (χ2v) is 5.94. The number of halogens is 3. The molecule has 2 aromatic carbocycles. The SMILES string of the molecule is O=C(O)C1=CN(CC(F)(F)F)C=C(c2ccccc2)C1Oc1ccccc1. The molecule has 1 aliphatic rings. The van der Waals surface area contributed by atoms with Crippen LogP contribution in [0.3, 0.4) is 0 Å². The first-order valence-corrected chi connectivity index (χ1v) is 8.10. The van der Waals surface area contributed by atoms with Gasteiger partial charge in [-0.1, -0.05) is 48.5 Å². The summed E-state index contributed by atoms with van der Waals surface area (Å²) in [7, 11) is 0. The van der Waals surface area contributed by atoms with E-state index in [4.69, 9.17) is 4.74 Å². The maximum absolute atomic E-state index is 12.9. The predicted octanol–water partition coefficient (Wildman–Crippen LogP) is 4.32. The van der Waals surface area contributed by atoms with Crippen LogP contribution in [-0.4, -0.2) is 34.8 Å². The lowest BCUT2D eigenvalue weighted by Gasteiger charge is -2.31. The molecule has 0 saturated heterocycles. The number of para-hydroxylation sites is 1. The van der Waals surface area contributed by atoms with E-state index in [9.17, 15) is 23.1 Å². The Morgan fingerprint density at radius 1 is 1.00 bits per heavy atom. The van der Waals surface area contributed by atoms with Crippen LogP contribution in [0.2, 0.25) is 0 Å². The summed E-state index contributed by atoms with van der Waals surface area (Å²) in [5.41, 5.74) is 0.644. The smallest absolute Gasteiger partial charge is 0.406 e. The van der Waals surface area contributed by atoms with Crippen LogP contribution in [-0.2, 0) is 4.79 Å². The van der Waals surface area contributed by atoms with E-state index in [-0.39, 0.29) is 5.57 Å². The number of ether oxygens (including phenoxy) is 1. The van der Waals surface area contributed by atoms with Gasteiger partial charge in [-0.2, -0.15) is 13.2 Å². The van der Waals surface area contributed by atoms with E-state index in [2.05, 4.69) is 0 Å². The second kappa shape index (κ2) is 7.57. The lowest BCUT2D eigenvalue weighted by Crippen LogP contribution is -2.36. The molecule has 0 bridgehead atoms. The summed E-state index contributed by atoms with van der Waals surface area (Å²) in [5.74, 6) is -0.926. The van der Waals surface area contributed by atoms with Gasteiger partial charge in [0.15, 0.2) is 6.10 Å². The molecule has 1 atom stereocenters. The minimum atomic E-state index is -4.48. The third-order valence-electron chi connectivity index (χ3n) is 3.89. The molecule has 1 heterocycles. The van der Waals surface area contributed by atoms with Crippen molar-refractivity contribution in [2.45, 2.75) is 12.3 Å². The van der Waals surface area contributed by atoms with Gasteiger partial charge >= 0.3 is 12.1 Å². The van der Waals surface area contributed by atoms with Crippen molar-refractivity contribution < 1.29 is 27.8 Å². The van der Waals surface area contributed by atoms with Crippen molar-refractivity contribution >= 4 is 11.5 Å². The molecule has 0 aromatic heterocycles. The Morgan fingerprint density at radius 3 is 2.15 bits per heavy atom. The number of rotatable bonds is 5. The Bertz CT molecular complexity index is 861. The second-order valence-electron chi connectivity index (χ2n) is 5.94. The predicted molar refractivity (Wildman–Crippen MR) is 93.8 cm³/mol. The summed E-state index contributed by atoms with van der Waals surface area (Å²) in [5, 5.41) is 9.58. The lowest BCUT2D eigenvalue weighted by molar-refractivity contribution is -0.138. The van der Waals surface area contributed by atoms with Crippen LogP contribution in [0.1, 0.15) is 5.56 Å². The monoisotopic (exact) mass is 375 g/mol. The summed E-state index contributed by atoms with van der Waals surface area (Å²) in [6, 6.07) is 17.2. The zero-order valence-electron chi connectivity index (χ0n) is 14.1. The third kappa shape index (κ3) is 4.69. The van der Waals surface area contributed by atoms with Gasteiger partial charge in [0.25, 0.3) is 0 Å². The van der Waals surface area contributed by atoms with Crippen LogP contribution in [0.15, 0.2) is 78.6 Å². The molecule has 1 N–H and O–H groups in total. The van der Waals surface area contributed by atoms with Crippen LogP contribution in [0.5, 0.6) is 5.75 Å². The Labute approximate surface area is 153 Å². The largest absolute Gasteiger partial charge is 0.481 e. The number of carboxylic acid groups (broad SMARTS) is 1. The maximum Gasteiger partial charge on any atom is 0.406 e. The Balaban J connectivity index is 2.05. The lowest BCUT2D eigenvalue weighted by atomic mass is 9.93. The highest BCUT2D eigenvalue weighted by Gasteiger charge is 2.36. The Kier molecular flexibility index (Phi) is 5.21. The average Bonchev–Trinajstić information content (AvgIpc) is 2.63. The molecular weight excluding hydrogens is 359 g/mol. The van der Waals surface area contributed by atoms with E-state index in [0.29, 0.717) is 16.9 Å². The van der Waals surface area contributed by atoms with Crippen molar-refractivity contribution in [2.75, 3.05) is 6.54 Å². The number of carbonyl (C=O) groups is 1. The normalized spacial score (nSPS) is 17.1. The molecule has 27 heavy (non-hydrogen) atoms. The van der Waals surface area contributed by atoms with Crippen molar-refractivity contribution in [1.82, 2.24) is 4.90 Å². The van der Waals surface area contributed by atoms with Gasteiger partial charge in [-0.05, 0) is 17.7 Å². The van der Waals surface area contributed by atoms with Gasteiger partial charge in [0.1, 0.15) is 12.3 Å². The molecule has 0 aliphatic carbocycles. The molecule has 0 spiro atoms. The van der Waals surface area contributed by atoms with E-state index in [1.807, 2.05) is 0 Å². The number of nitrogens with zero attached hydrogens (tertiary/aromatic N) is 1. The number of benzene rings is 2. The first kappa shape index (κ1) is 18.6. The first-order valence-electron chi connectivity index (χ1n) is 8.10. The highest BCUT2D eigenvalue weighted by molar-refractivity contribution is 5.93. The zero-order chi connectivity index (χ0) is 19.4. The van der Waals surface area contributed by atoms with Crippen molar-refractivity contribution in [2.24, 2.45) is 0 Å².